The first-order chi connectivity index (χ1) is 10.4. The second-order valence-electron chi connectivity index (χ2n) is 4.31. The summed E-state index contributed by atoms with van der Waals surface area (Å²) in [5, 5.41) is 0. The van der Waals surface area contributed by atoms with E-state index in [4.69, 9.17) is 0 Å². The second kappa shape index (κ2) is 6.99. The molecule has 0 aliphatic heterocycles. The highest BCUT2D eigenvalue weighted by Crippen LogP contribution is 2.15. The van der Waals surface area contributed by atoms with Gasteiger partial charge in [0.2, 0.25) is 10.0 Å². The number of nitrogens with zero attached hydrogens (tertiary/aromatic N) is 1. The molecule has 1 N–H and O–H groups in total. The molecule has 116 valence electrons. The van der Waals surface area contributed by atoms with Gasteiger partial charge in [-0.15, -0.1) is 0 Å². The van der Waals surface area contributed by atoms with E-state index < -0.39 is 16.0 Å². The van der Waals surface area contributed by atoms with Crippen LogP contribution in [-0.4, -0.2) is 26.5 Å². The first kappa shape index (κ1) is 16.6. The van der Waals surface area contributed by atoms with Crippen LogP contribution in [0.2, 0.25) is 0 Å². The number of aromatic nitrogens is 1. The van der Waals surface area contributed by atoms with Gasteiger partial charge in [-0.25, -0.2) is 17.9 Å². The Hall–Kier alpha value is -1.77. The third kappa shape index (κ3) is 4.12. The van der Waals surface area contributed by atoms with E-state index in [-0.39, 0.29) is 11.4 Å². The third-order valence-electron chi connectivity index (χ3n) is 2.80. The molecular weight excluding hydrogens is 372 g/mol. The molecule has 0 bridgehead atoms. The monoisotopic (exact) mass is 384 g/mol. The predicted octanol–water partition coefficient (Wildman–Crippen LogP) is 2.11. The molecule has 0 aliphatic carbocycles. The van der Waals surface area contributed by atoms with Crippen LogP contribution in [-0.2, 0) is 21.3 Å². The number of carbonyl (C=O) groups is 1. The van der Waals surface area contributed by atoms with Gasteiger partial charge in [0.15, 0.2) is 0 Å². The smallest absolute Gasteiger partial charge is 0.337 e. The minimum absolute atomic E-state index is 0.0246. The number of pyridine rings is 1. The Morgan fingerprint density at radius 2 is 1.95 bits per heavy atom. The van der Waals surface area contributed by atoms with Crippen LogP contribution in [0.4, 0.5) is 0 Å². The average Bonchev–Trinajstić information content (AvgIpc) is 2.53. The highest BCUT2D eigenvalue weighted by Gasteiger charge is 2.14. The maximum absolute atomic E-state index is 12.1. The van der Waals surface area contributed by atoms with E-state index in [0.717, 1.165) is 4.47 Å². The average molecular weight is 385 g/mol. The van der Waals surface area contributed by atoms with Crippen molar-refractivity contribution in [2.75, 3.05) is 7.11 Å². The molecule has 6 nitrogen and oxygen atoms in total. The molecule has 0 spiro atoms. The molecule has 1 aromatic heterocycles. The van der Waals surface area contributed by atoms with E-state index in [0.29, 0.717) is 11.3 Å². The standard InChI is InChI=1S/C14H13BrN2O4S/c1-21-14(18)10-6-7-16-12(8-10)9-17-22(19,20)13-4-2-11(15)3-5-13/h2-8,17H,9H2,1H3. The second-order valence-corrected chi connectivity index (χ2v) is 6.99. The molecule has 0 saturated heterocycles. The maximum atomic E-state index is 12.1. The number of rotatable bonds is 5. The van der Waals surface area contributed by atoms with Gasteiger partial charge in [-0.2, -0.15) is 0 Å². The summed E-state index contributed by atoms with van der Waals surface area (Å²) in [7, 11) is -2.36. The lowest BCUT2D eigenvalue weighted by molar-refractivity contribution is 0.0600. The van der Waals surface area contributed by atoms with Crippen molar-refractivity contribution in [3.8, 4) is 0 Å². The normalized spacial score (nSPS) is 11.2. The van der Waals surface area contributed by atoms with E-state index in [1.165, 1.54) is 37.6 Å². The summed E-state index contributed by atoms with van der Waals surface area (Å²) in [6, 6.07) is 9.25. The third-order valence-corrected chi connectivity index (χ3v) is 4.75. The lowest BCUT2D eigenvalue weighted by Crippen LogP contribution is -2.23. The van der Waals surface area contributed by atoms with E-state index in [1.807, 2.05) is 0 Å². The van der Waals surface area contributed by atoms with Gasteiger partial charge in [-0.1, -0.05) is 15.9 Å². The predicted molar refractivity (Wildman–Crippen MR) is 83.7 cm³/mol. The topological polar surface area (TPSA) is 85.4 Å². The van der Waals surface area contributed by atoms with Gasteiger partial charge in [0.05, 0.1) is 29.8 Å². The van der Waals surface area contributed by atoms with E-state index in [1.54, 1.807) is 12.1 Å². The van der Waals surface area contributed by atoms with Crippen LogP contribution in [0, 0.1) is 0 Å². The fourth-order valence-electron chi connectivity index (χ4n) is 1.69. The summed E-state index contributed by atoms with van der Waals surface area (Å²) in [5.74, 6) is -0.501. The fraction of sp³-hybridized carbons (Fsp3) is 0.143. The molecule has 0 amide bonds. The molecule has 2 aromatic rings. The number of halogens is 1. The Kier molecular flexibility index (Phi) is 5.28. The van der Waals surface area contributed by atoms with Crippen LogP contribution >= 0.6 is 15.9 Å². The van der Waals surface area contributed by atoms with Crippen molar-refractivity contribution in [1.82, 2.24) is 9.71 Å². The maximum Gasteiger partial charge on any atom is 0.337 e. The van der Waals surface area contributed by atoms with Crippen LogP contribution in [0.5, 0.6) is 0 Å². The zero-order valence-corrected chi connectivity index (χ0v) is 14.0. The fourth-order valence-corrected chi connectivity index (χ4v) is 2.95. The van der Waals surface area contributed by atoms with Gasteiger partial charge < -0.3 is 4.74 Å². The Balaban J connectivity index is 2.12. The van der Waals surface area contributed by atoms with Gasteiger partial charge in [0.1, 0.15) is 0 Å². The summed E-state index contributed by atoms with van der Waals surface area (Å²) in [4.78, 5) is 15.6. The Morgan fingerprint density at radius 3 is 2.59 bits per heavy atom. The molecule has 2 rings (SSSR count). The molecule has 0 atom stereocenters. The Morgan fingerprint density at radius 1 is 1.27 bits per heavy atom. The molecule has 0 radical (unpaired) electrons. The molecule has 22 heavy (non-hydrogen) atoms. The van der Waals surface area contributed by atoms with Crippen molar-refractivity contribution in [3.63, 3.8) is 0 Å². The van der Waals surface area contributed by atoms with Gasteiger partial charge in [0.25, 0.3) is 0 Å². The molecule has 1 heterocycles. The number of benzene rings is 1. The minimum atomic E-state index is -3.64. The van der Waals surface area contributed by atoms with Gasteiger partial charge in [0, 0.05) is 10.7 Å². The van der Waals surface area contributed by atoms with Crippen molar-refractivity contribution < 1.29 is 17.9 Å². The number of sulfonamides is 1. The highest BCUT2D eigenvalue weighted by atomic mass is 79.9. The number of nitrogens with one attached hydrogen (secondary N) is 1. The molecule has 0 fully saturated rings. The first-order valence-corrected chi connectivity index (χ1v) is 8.48. The Labute approximate surface area is 136 Å². The van der Waals surface area contributed by atoms with E-state index in [2.05, 4.69) is 30.4 Å². The lowest BCUT2D eigenvalue weighted by Gasteiger charge is -2.07. The van der Waals surface area contributed by atoms with Crippen molar-refractivity contribution >= 4 is 31.9 Å². The number of hydrogen-bond donors (Lipinski definition) is 1. The van der Waals surface area contributed by atoms with Gasteiger partial charge in [-0.3, -0.25) is 4.98 Å². The summed E-state index contributed by atoms with van der Waals surface area (Å²) >= 11 is 3.25. The number of hydrogen-bond acceptors (Lipinski definition) is 5. The molecule has 0 saturated carbocycles. The number of ether oxygens (including phenoxy) is 1. The van der Waals surface area contributed by atoms with E-state index >= 15 is 0 Å². The quantitative estimate of drug-likeness (QED) is 0.797. The molecule has 8 heteroatoms. The van der Waals surface area contributed by atoms with Crippen molar-refractivity contribution in [2.45, 2.75) is 11.4 Å². The van der Waals surface area contributed by atoms with Crippen molar-refractivity contribution in [2.24, 2.45) is 0 Å². The lowest BCUT2D eigenvalue weighted by atomic mass is 10.2. The highest BCUT2D eigenvalue weighted by molar-refractivity contribution is 9.10. The first-order valence-electron chi connectivity index (χ1n) is 6.21. The minimum Gasteiger partial charge on any atom is -0.465 e. The summed E-state index contributed by atoms with van der Waals surface area (Å²) in [6.45, 7) is -0.0246. The van der Waals surface area contributed by atoms with Gasteiger partial charge >= 0.3 is 5.97 Å². The van der Waals surface area contributed by atoms with Crippen LogP contribution < -0.4 is 4.72 Å². The van der Waals surface area contributed by atoms with Crippen LogP contribution in [0.3, 0.4) is 0 Å². The zero-order valence-electron chi connectivity index (χ0n) is 11.6. The summed E-state index contributed by atoms with van der Waals surface area (Å²) in [6.07, 6.45) is 1.43. The van der Waals surface area contributed by atoms with Crippen molar-refractivity contribution in [3.05, 3.63) is 58.3 Å². The summed E-state index contributed by atoms with van der Waals surface area (Å²) in [5.41, 5.74) is 0.735. The van der Waals surface area contributed by atoms with Crippen LogP contribution in [0.15, 0.2) is 52.0 Å². The van der Waals surface area contributed by atoms with E-state index in [9.17, 15) is 13.2 Å². The zero-order chi connectivity index (χ0) is 16.2. The molecule has 0 aliphatic rings. The number of methoxy groups -OCH3 is 1. The number of carbonyl (C=O) groups excluding carboxylic acids is 1. The summed E-state index contributed by atoms with van der Waals surface area (Å²) < 4.78 is 32.1. The van der Waals surface area contributed by atoms with Gasteiger partial charge in [-0.05, 0) is 36.4 Å². The number of esters is 1. The molecule has 1 aromatic carbocycles. The molecule has 0 unspecified atom stereocenters. The SMILES string of the molecule is COC(=O)c1ccnc(CNS(=O)(=O)c2ccc(Br)cc2)c1. The molecular formula is C14H13BrN2O4S. The van der Waals surface area contributed by atoms with Crippen molar-refractivity contribution in [1.29, 1.82) is 0 Å². The van der Waals surface area contributed by atoms with Crippen LogP contribution in [0.25, 0.3) is 0 Å². The Bertz CT molecular complexity index is 776. The largest absolute Gasteiger partial charge is 0.465 e. The van der Waals surface area contributed by atoms with Crippen LogP contribution in [0.1, 0.15) is 16.1 Å².